The van der Waals surface area contributed by atoms with Crippen LogP contribution in [0.1, 0.15) is 5.76 Å². The van der Waals surface area contributed by atoms with Gasteiger partial charge in [-0.2, -0.15) is 10.5 Å². The molecule has 0 saturated carbocycles. The van der Waals surface area contributed by atoms with Crippen LogP contribution in [0.25, 0.3) is 6.08 Å². The van der Waals surface area contributed by atoms with Gasteiger partial charge in [-0.05, 0) is 34.1 Å². The minimum absolute atomic E-state index is 0.0116. The highest BCUT2D eigenvalue weighted by molar-refractivity contribution is 9.10. The molecule has 0 bridgehead atoms. The average molecular weight is 331 g/mol. The van der Waals surface area contributed by atoms with Crippen LogP contribution in [0.4, 0.5) is 0 Å². The summed E-state index contributed by atoms with van der Waals surface area (Å²) in [5, 5.41) is 18.1. The topological polar surface area (TPSA) is 60.7 Å². The number of nitriles is 2. The van der Waals surface area contributed by atoms with Crippen LogP contribution in [0.2, 0.25) is 0 Å². The summed E-state index contributed by atoms with van der Waals surface area (Å²) in [6.07, 6.45) is 1.42. The zero-order chi connectivity index (χ0) is 13.7. The van der Waals surface area contributed by atoms with Gasteiger partial charge in [-0.15, -0.1) is 0 Å². The lowest BCUT2D eigenvalue weighted by atomic mass is 10.3. The second-order valence-electron chi connectivity index (χ2n) is 3.48. The molecule has 0 aliphatic heterocycles. The van der Waals surface area contributed by atoms with Crippen LogP contribution < -0.4 is 0 Å². The van der Waals surface area contributed by atoms with E-state index in [2.05, 4.69) is 15.9 Å². The molecule has 0 N–H and O–H groups in total. The Bertz CT molecular complexity index is 676. The van der Waals surface area contributed by atoms with Crippen molar-refractivity contribution in [3.05, 3.63) is 52.2 Å². The SMILES string of the molecule is N#CC(C#N)=Cc1cc(Br)c(Sc2ccccc2)o1. The fourth-order valence-electron chi connectivity index (χ4n) is 1.34. The van der Waals surface area contributed by atoms with E-state index in [4.69, 9.17) is 14.9 Å². The Kier molecular flexibility index (Phi) is 4.46. The molecule has 0 amide bonds. The zero-order valence-corrected chi connectivity index (χ0v) is 12.0. The summed E-state index contributed by atoms with van der Waals surface area (Å²) in [6.45, 7) is 0. The molecule has 3 nitrogen and oxygen atoms in total. The summed E-state index contributed by atoms with van der Waals surface area (Å²) in [4.78, 5) is 1.05. The molecule has 1 aromatic carbocycles. The van der Waals surface area contributed by atoms with Crippen LogP contribution in [0.5, 0.6) is 0 Å². The van der Waals surface area contributed by atoms with Crippen molar-refractivity contribution in [2.45, 2.75) is 9.99 Å². The van der Waals surface area contributed by atoms with Gasteiger partial charge in [0.15, 0.2) is 5.09 Å². The van der Waals surface area contributed by atoms with Gasteiger partial charge in [0, 0.05) is 11.0 Å². The Morgan fingerprint density at radius 3 is 2.53 bits per heavy atom. The number of hydrogen-bond donors (Lipinski definition) is 0. The van der Waals surface area contributed by atoms with Crippen molar-refractivity contribution in [2.75, 3.05) is 0 Å². The molecule has 0 spiro atoms. The van der Waals surface area contributed by atoms with Crippen LogP contribution in [-0.4, -0.2) is 0 Å². The van der Waals surface area contributed by atoms with Gasteiger partial charge in [-0.3, -0.25) is 0 Å². The first-order valence-electron chi connectivity index (χ1n) is 5.27. The summed E-state index contributed by atoms with van der Waals surface area (Å²) in [5.41, 5.74) is 0.0116. The quantitative estimate of drug-likeness (QED) is 0.770. The second-order valence-corrected chi connectivity index (χ2v) is 5.38. The van der Waals surface area contributed by atoms with Crippen molar-refractivity contribution in [2.24, 2.45) is 0 Å². The van der Waals surface area contributed by atoms with E-state index in [1.165, 1.54) is 17.8 Å². The van der Waals surface area contributed by atoms with E-state index in [1.807, 2.05) is 30.3 Å². The molecule has 1 heterocycles. The van der Waals surface area contributed by atoms with E-state index in [0.29, 0.717) is 10.9 Å². The van der Waals surface area contributed by atoms with Gasteiger partial charge in [0.2, 0.25) is 0 Å². The van der Waals surface area contributed by atoms with Crippen molar-refractivity contribution in [3.8, 4) is 12.1 Å². The van der Waals surface area contributed by atoms with E-state index < -0.39 is 0 Å². The minimum Gasteiger partial charge on any atom is -0.449 e. The Hall–Kier alpha value is -1.95. The lowest BCUT2D eigenvalue weighted by Crippen LogP contribution is -1.71. The van der Waals surface area contributed by atoms with Gasteiger partial charge in [-0.25, -0.2) is 0 Å². The molecule has 19 heavy (non-hydrogen) atoms. The molecule has 0 atom stereocenters. The summed E-state index contributed by atoms with van der Waals surface area (Å²) in [6, 6.07) is 15.1. The molecule has 2 aromatic rings. The fraction of sp³-hybridized carbons (Fsp3) is 0. The van der Waals surface area contributed by atoms with Crippen LogP contribution in [0, 0.1) is 22.7 Å². The van der Waals surface area contributed by atoms with Crippen LogP contribution in [0.3, 0.4) is 0 Å². The third-order valence-corrected chi connectivity index (χ3v) is 4.00. The van der Waals surface area contributed by atoms with E-state index >= 15 is 0 Å². The van der Waals surface area contributed by atoms with Crippen LogP contribution >= 0.6 is 27.7 Å². The Labute approximate surface area is 123 Å². The number of furan rings is 1. The molecule has 5 heteroatoms. The Morgan fingerprint density at radius 1 is 1.21 bits per heavy atom. The second kappa shape index (κ2) is 6.29. The zero-order valence-electron chi connectivity index (χ0n) is 9.63. The molecule has 0 fully saturated rings. The van der Waals surface area contributed by atoms with Crippen molar-refractivity contribution in [3.63, 3.8) is 0 Å². The standard InChI is InChI=1S/C14H7BrN2OS/c15-13-7-11(6-10(8-16)9-17)18-14(13)19-12-4-2-1-3-5-12/h1-7H. The number of benzene rings is 1. The Balaban J connectivity index is 2.26. The van der Waals surface area contributed by atoms with E-state index in [9.17, 15) is 0 Å². The van der Waals surface area contributed by atoms with E-state index in [0.717, 1.165) is 9.37 Å². The highest BCUT2D eigenvalue weighted by atomic mass is 79.9. The van der Waals surface area contributed by atoms with Crippen molar-refractivity contribution >= 4 is 33.8 Å². The van der Waals surface area contributed by atoms with E-state index in [1.54, 1.807) is 18.2 Å². The predicted molar refractivity (Wildman–Crippen MR) is 76.2 cm³/mol. The number of hydrogen-bond acceptors (Lipinski definition) is 4. The van der Waals surface area contributed by atoms with Crippen LogP contribution in [-0.2, 0) is 0 Å². The van der Waals surface area contributed by atoms with Gasteiger partial charge in [0.05, 0.1) is 4.47 Å². The molecule has 0 saturated heterocycles. The molecular weight excluding hydrogens is 324 g/mol. The number of allylic oxidation sites excluding steroid dienone is 1. The van der Waals surface area contributed by atoms with Crippen molar-refractivity contribution in [1.82, 2.24) is 0 Å². The monoisotopic (exact) mass is 330 g/mol. The lowest BCUT2D eigenvalue weighted by Gasteiger charge is -1.97. The molecule has 0 radical (unpaired) electrons. The summed E-state index contributed by atoms with van der Waals surface area (Å²) < 4.78 is 6.38. The highest BCUT2D eigenvalue weighted by Gasteiger charge is 2.10. The molecule has 0 aliphatic carbocycles. The maximum Gasteiger partial charge on any atom is 0.179 e. The molecular formula is C14H7BrN2OS. The number of halogens is 1. The smallest absolute Gasteiger partial charge is 0.179 e. The molecule has 1 aromatic heterocycles. The average Bonchev–Trinajstić information content (AvgIpc) is 2.77. The largest absolute Gasteiger partial charge is 0.449 e. The summed E-state index contributed by atoms with van der Waals surface area (Å²) in [5.74, 6) is 0.475. The number of nitrogens with zero attached hydrogens (tertiary/aromatic N) is 2. The van der Waals surface area contributed by atoms with Crippen LogP contribution in [0.15, 0.2) is 60.8 Å². The molecule has 2 rings (SSSR count). The van der Waals surface area contributed by atoms with Gasteiger partial charge >= 0.3 is 0 Å². The normalized spacial score (nSPS) is 9.42. The third kappa shape index (κ3) is 3.51. The van der Waals surface area contributed by atoms with Gasteiger partial charge in [0.1, 0.15) is 23.5 Å². The van der Waals surface area contributed by atoms with Gasteiger partial charge in [-0.1, -0.05) is 30.0 Å². The van der Waals surface area contributed by atoms with Gasteiger partial charge in [0.25, 0.3) is 0 Å². The van der Waals surface area contributed by atoms with Crippen molar-refractivity contribution in [1.29, 1.82) is 10.5 Å². The lowest BCUT2D eigenvalue weighted by molar-refractivity contribution is 0.463. The Morgan fingerprint density at radius 2 is 1.89 bits per heavy atom. The highest BCUT2D eigenvalue weighted by Crippen LogP contribution is 2.36. The van der Waals surface area contributed by atoms with Crippen molar-refractivity contribution < 1.29 is 4.42 Å². The summed E-state index contributed by atoms with van der Waals surface area (Å²) in [7, 11) is 0. The number of rotatable bonds is 3. The molecule has 0 unspecified atom stereocenters. The maximum absolute atomic E-state index is 8.70. The maximum atomic E-state index is 8.70. The van der Waals surface area contributed by atoms with E-state index in [-0.39, 0.29) is 5.57 Å². The molecule has 92 valence electrons. The minimum atomic E-state index is 0.0116. The fourth-order valence-corrected chi connectivity index (χ4v) is 2.69. The van der Waals surface area contributed by atoms with Gasteiger partial charge < -0.3 is 4.42 Å². The first kappa shape index (κ1) is 13.5. The predicted octanol–water partition coefficient (Wildman–Crippen LogP) is 4.62. The first-order chi connectivity index (χ1) is 9.22. The summed E-state index contributed by atoms with van der Waals surface area (Å²) >= 11 is 4.87. The molecule has 0 aliphatic rings. The third-order valence-electron chi connectivity index (χ3n) is 2.16. The first-order valence-corrected chi connectivity index (χ1v) is 6.88.